The molecular formula is C36H39BrF2N4O4. The van der Waals surface area contributed by atoms with Gasteiger partial charge in [0, 0.05) is 53.3 Å². The Bertz CT molecular complexity index is 1700. The highest BCUT2D eigenvalue weighted by atomic mass is 79.9. The SMILES string of the molecule is COc1ccc(N(C)C(=O)[C@H](Cc2cc(F)cc(F)c2)NC(=O)CN(CC2CCCCC2)C(=O)Cc2c[nH]c3ccc(Br)cc23)cc1. The number of ether oxygens (including phenoxy) is 1. The number of nitrogens with zero attached hydrogens (tertiary/aromatic N) is 2. The molecule has 47 heavy (non-hydrogen) atoms. The van der Waals surface area contributed by atoms with Crippen molar-refractivity contribution in [3.63, 3.8) is 0 Å². The van der Waals surface area contributed by atoms with Crippen LogP contribution < -0.4 is 15.0 Å². The first-order chi connectivity index (χ1) is 22.6. The fourth-order valence-corrected chi connectivity index (χ4v) is 6.61. The maximum Gasteiger partial charge on any atom is 0.249 e. The molecule has 1 fully saturated rings. The van der Waals surface area contributed by atoms with E-state index < -0.39 is 29.5 Å². The Morgan fingerprint density at radius 3 is 2.38 bits per heavy atom. The lowest BCUT2D eigenvalue weighted by atomic mass is 9.89. The standard InChI is InChI=1S/C36H39BrF2N4O4/c1-42(29-9-11-30(47-2)12-10-29)36(46)33(16-24-14-27(38)19-28(39)15-24)41-34(44)22-43(21-23-6-4-3-5-7-23)35(45)17-25-20-40-32-13-8-26(37)18-31(25)32/h8-15,18-20,23,33,40H,3-7,16-17,21-22H2,1-2H3,(H,41,44)/t33-/m0/s1. The van der Waals surface area contributed by atoms with E-state index in [0.29, 0.717) is 18.0 Å². The normalized spacial score (nSPS) is 14.1. The first-order valence-electron chi connectivity index (χ1n) is 15.8. The number of nitrogens with one attached hydrogen (secondary N) is 2. The molecule has 1 aromatic heterocycles. The Balaban J connectivity index is 1.36. The number of hydrogen-bond acceptors (Lipinski definition) is 4. The fraction of sp³-hybridized carbons (Fsp3) is 0.361. The average Bonchev–Trinajstić information content (AvgIpc) is 3.44. The van der Waals surface area contributed by atoms with Crippen LogP contribution in [0.3, 0.4) is 0 Å². The lowest BCUT2D eigenvalue weighted by molar-refractivity contribution is -0.137. The minimum Gasteiger partial charge on any atom is -0.497 e. The topological polar surface area (TPSA) is 94.7 Å². The Hall–Kier alpha value is -4.25. The Morgan fingerprint density at radius 2 is 1.70 bits per heavy atom. The summed E-state index contributed by atoms with van der Waals surface area (Å²) in [5.74, 6) is -1.90. The van der Waals surface area contributed by atoms with Gasteiger partial charge in [0.05, 0.1) is 20.1 Å². The van der Waals surface area contributed by atoms with E-state index in [-0.39, 0.29) is 36.8 Å². The molecule has 1 aliphatic rings. The molecule has 0 bridgehead atoms. The summed E-state index contributed by atoms with van der Waals surface area (Å²) in [5.41, 5.74) is 2.48. The van der Waals surface area contributed by atoms with Crippen LogP contribution in [0.5, 0.6) is 5.75 Å². The Labute approximate surface area is 281 Å². The van der Waals surface area contributed by atoms with Crippen LogP contribution in [0.2, 0.25) is 0 Å². The number of hydrogen-bond donors (Lipinski definition) is 2. The first kappa shape index (κ1) is 34.1. The van der Waals surface area contributed by atoms with Crippen molar-refractivity contribution >= 4 is 50.2 Å². The van der Waals surface area contributed by atoms with E-state index >= 15 is 0 Å². The van der Waals surface area contributed by atoms with Crippen LogP contribution >= 0.6 is 15.9 Å². The number of likely N-dealkylation sites (N-methyl/N-ethyl adjacent to an activating group) is 1. The van der Waals surface area contributed by atoms with Crippen molar-refractivity contribution < 1.29 is 27.9 Å². The van der Waals surface area contributed by atoms with E-state index in [1.165, 1.54) is 12.0 Å². The third-order valence-corrected chi connectivity index (χ3v) is 9.24. The third kappa shape index (κ3) is 8.97. The van der Waals surface area contributed by atoms with Crippen molar-refractivity contribution in [2.75, 3.05) is 32.1 Å². The largest absolute Gasteiger partial charge is 0.497 e. The van der Waals surface area contributed by atoms with E-state index in [9.17, 15) is 23.2 Å². The molecule has 5 rings (SSSR count). The quantitative estimate of drug-likeness (QED) is 0.174. The molecule has 3 aromatic carbocycles. The predicted octanol–water partition coefficient (Wildman–Crippen LogP) is 6.56. The van der Waals surface area contributed by atoms with Gasteiger partial charge in [0.15, 0.2) is 0 Å². The number of amides is 3. The molecule has 1 heterocycles. The maximum absolute atomic E-state index is 14.1. The zero-order valence-corrected chi connectivity index (χ0v) is 28.1. The maximum atomic E-state index is 14.1. The zero-order chi connectivity index (χ0) is 33.5. The third-order valence-electron chi connectivity index (χ3n) is 8.75. The van der Waals surface area contributed by atoms with Gasteiger partial charge in [0.2, 0.25) is 17.7 Å². The van der Waals surface area contributed by atoms with Gasteiger partial charge in [-0.05, 0) is 84.5 Å². The minimum atomic E-state index is -1.16. The number of H-pyrrole nitrogens is 1. The molecule has 1 saturated carbocycles. The fourth-order valence-electron chi connectivity index (χ4n) is 6.25. The number of fused-ring (bicyclic) bond motifs is 1. The molecule has 8 nitrogen and oxygen atoms in total. The van der Waals surface area contributed by atoms with Gasteiger partial charge in [-0.3, -0.25) is 14.4 Å². The highest BCUT2D eigenvalue weighted by Gasteiger charge is 2.29. The van der Waals surface area contributed by atoms with E-state index in [2.05, 4.69) is 26.2 Å². The molecule has 1 atom stereocenters. The highest BCUT2D eigenvalue weighted by molar-refractivity contribution is 9.10. The van der Waals surface area contributed by atoms with Crippen molar-refractivity contribution in [1.82, 2.24) is 15.2 Å². The number of benzene rings is 3. The van der Waals surface area contributed by atoms with Gasteiger partial charge in [-0.15, -0.1) is 0 Å². The number of aromatic amines is 1. The smallest absolute Gasteiger partial charge is 0.249 e. The van der Waals surface area contributed by atoms with Crippen LogP contribution in [0.1, 0.15) is 43.2 Å². The molecule has 248 valence electrons. The van der Waals surface area contributed by atoms with Crippen LogP contribution in [0, 0.1) is 17.6 Å². The average molecular weight is 710 g/mol. The second kappa shape index (κ2) is 15.6. The van der Waals surface area contributed by atoms with Gasteiger partial charge in [-0.25, -0.2) is 8.78 Å². The van der Waals surface area contributed by atoms with Crippen molar-refractivity contribution in [3.05, 3.63) is 94.1 Å². The van der Waals surface area contributed by atoms with E-state index in [1.54, 1.807) is 36.2 Å². The van der Waals surface area contributed by atoms with Gasteiger partial charge in [0.25, 0.3) is 0 Å². The molecular weight excluding hydrogens is 670 g/mol. The van der Waals surface area contributed by atoms with E-state index in [4.69, 9.17) is 4.74 Å². The van der Waals surface area contributed by atoms with E-state index in [0.717, 1.165) is 71.2 Å². The number of carbonyl (C=O) groups excluding carboxylic acids is 3. The van der Waals surface area contributed by atoms with Crippen LogP contribution in [0.25, 0.3) is 10.9 Å². The molecule has 3 amide bonds. The zero-order valence-electron chi connectivity index (χ0n) is 26.5. The molecule has 0 saturated heterocycles. The molecule has 0 spiro atoms. The van der Waals surface area contributed by atoms with Crippen LogP contribution in [-0.4, -0.2) is 60.9 Å². The summed E-state index contributed by atoms with van der Waals surface area (Å²) in [7, 11) is 3.10. The summed E-state index contributed by atoms with van der Waals surface area (Å²) in [6.45, 7) is 0.173. The summed E-state index contributed by atoms with van der Waals surface area (Å²) < 4.78 is 34.3. The molecule has 4 aromatic rings. The summed E-state index contributed by atoms with van der Waals surface area (Å²) in [5, 5.41) is 3.71. The molecule has 1 aliphatic carbocycles. The molecule has 11 heteroatoms. The van der Waals surface area contributed by atoms with Gasteiger partial charge < -0.3 is 24.8 Å². The van der Waals surface area contributed by atoms with Crippen molar-refractivity contribution in [2.24, 2.45) is 5.92 Å². The lowest BCUT2D eigenvalue weighted by Gasteiger charge is -2.30. The first-order valence-corrected chi connectivity index (χ1v) is 16.6. The summed E-state index contributed by atoms with van der Waals surface area (Å²) in [6.07, 6.45) is 7.02. The van der Waals surface area contributed by atoms with Gasteiger partial charge >= 0.3 is 0 Å². The number of anilines is 1. The van der Waals surface area contributed by atoms with Gasteiger partial charge in [-0.2, -0.15) is 0 Å². The molecule has 0 radical (unpaired) electrons. The second-order valence-corrected chi connectivity index (χ2v) is 13.1. The molecule has 2 N–H and O–H groups in total. The Morgan fingerprint density at radius 1 is 1.00 bits per heavy atom. The van der Waals surface area contributed by atoms with Crippen molar-refractivity contribution in [3.8, 4) is 5.75 Å². The van der Waals surface area contributed by atoms with E-state index in [1.807, 2.05) is 24.4 Å². The predicted molar refractivity (Wildman–Crippen MR) is 181 cm³/mol. The second-order valence-electron chi connectivity index (χ2n) is 12.2. The van der Waals surface area contributed by atoms with Crippen LogP contribution in [0.15, 0.2) is 71.3 Å². The number of aromatic nitrogens is 1. The molecule has 0 unspecified atom stereocenters. The van der Waals surface area contributed by atoms with Crippen LogP contribution in [-0.2, 0) is 27.2 Å². The highest BCUT2D eigenvalue weighted by Crippen LogP contribution is 2.27. The number of rotatable bonds is 12. The van der Waals surface area contributed by atoms with Crippen LogP contribution in [0.4, 0.5) is 14.5 Å². The molecule has 0 aliphatic heterocycles. The Kier molecular flexibility index (Phi) is 11.3. The van der Waals surface area contributed by atoms with Crippen molar-refractivity contribution in [1.29, 1.82) is 0 Å². The minimum absolute atomic E-state index is 0.0988. The number of methoxy groups -OCH3 is 1. The monoisotopic (exact) mass is 708 g/mol. The number of halogens is 3. The number of carbonyl (C=O) groups is 3. The van der Waals surface area contributed by atoms with Gasteiger partial charge in [0.1, 0.15) is 23.4 Å². The van der Waals surface area contributed by atoms with Crippen molar-refractivity contribution in [2.45, 2.75) is 51.0 Å². The summed E-state index contributed by atoms with van der Waals surface area (Å²) in [6, 6.07) is 14.5. The summed E-state index contributed by atoms with van der Waals surface area (Å²) in [4.78, 5) is 47.5. The summed E-state index contributed by atoms with van der Waals surface area (Å²) >= 11 is 3.50. The lowest BCUT2D eigenvalue weighted by Crippen LogP contribution is -2.52. The van der Waals surface area contributed by atoms with Gasteiger partial charge in [-0.1, -0.05) is 35.2 Å².